The van der Waals surface area contributed by atoms with E-state index in [2.05, 4.69) is 46.5 Å². The Kier molecular flexibility index (Phi) is 4.47. The third kappa shape index (κ3) is 2.83. The van der Waals surface area contributed by atoms with Gasteiger partial charge in [-0.05, 0) is 24.6 Å². The second-order valence-electron chi connectivity index (χ2n) is 4.01. The number of benzene rings is 1. The van der Waals surface area contributed by atoms with Gasteiger partial charge in [-0.2, -0.15) is 0 Å². The first-order chi connectivity index (χ1) is 8.26. The van der Waals surface area contributed by atoms with Crippen LogP contribution in [-0.2, 0) is 0 Å². The summed E-state index contributed by atoms with van der Waals surface area (Å²) in [4.78, 5) is 2.33. The van der Waals surface area contributed by atoms with Crippen molar-refractivity contribution in [1.29, 1.82) is 0 Å². The lowest BCUT2D eigenvalue weighted by molar-refractivity contribution is 0.174. The minimum Gasteiger partial charge on any atom is -0.454 e. The number of nitrogens with two attached hydrogens (primary N) is 1. The molecule has 2 rings (SSSR count). The highest BCUT2D eigenvalue weighted by atomic mass is 127. The topological polar surface area (TPSA) is 47.7 Å². The van der Waals surface area contributed by atoms with Crippen molar-refractivity contribution in [3.63, 3.8) is 0 Å². The number of hydrogen-bond donors (Lipinski definition) is 1. The molecule has 0 saturated heterocycles. The van der Waals surface area contributed by atoms with Gasteiger partial charge in [-0.25, -0.2) is 0 Å². The van der Waals surface area contributed by atoms with Crippen molar-refractivity contribution in [2.24, 2.45) is 5.73 Å². The van der Waals surface area contributed by atoms with Gasteiger partial charge in [0.15, 0.2) is 11.5 Å². The standard InChI is InChI=1S/C12H17IN2O2/c1-9(15(7-13)5-4-14)10-2-3-11-12(6-10)17-8-16-11/h2-3,6,9H,4-5,7-8,14H2,1H3. The molecule has 1 aromatic rings. The Morgan fingerprint density at radius 1 is 1.41 bits per heavy atom. The van der Waals surface area contributed by atoms with E-state index in [0.29, 0.717) is 19.4 Å². The molecule has 0 bridgehead atoms. The van der Waals surface area contributed by atoms with Crippen LogP contribution in [0.15, 0.2) is 18.2 Å². The molecule has 0 aliphatic carbocycles. The molecule has 0 amide bonds. The molecule has 1 heterocycles. The van der Waals surface area contributed by atoms with E-state index < -0.39 is 0 Å². The van der Waals surface area contributed by atoms with E-state index in [1.165, 1.54) is 5.56 Å². The minimum absolute atomic E-state index is 0.325. The molecule has 1 unspecified atom stereocenters. The van der Waals surface area contributed by atoms with Crippen molar-refractivity contribution in [3.8, 4) is 11.5 Å². The summed E-state index contributed by atoms with van der Waals surface area (Å²) in [6.45, 7) is 4.09. The molecule has 1 aliphatic heterocycles. The lowest BCUT2D eigenvalue weighted by Gasteiger charge is -2.26. The van der Waals surface area contributed by atoms with Crippen LogP contribution in [0.3, 0.4) is 0 Å². The maximum Gasteiger partial charge on any atom is 0.231 e. The highest BCUT2D eigenvalue weighted by Gasteiger charge is 2.18. The van der Waals surface area contributed by atoms with Crippen LogP contribution < -0.4 is 15.2 Å². The van der Waals surface area contributed by atoms with Gasteiger partial charge in [-0.3, -0.25) is 4.90 Å². The van der Waals surface area contributed by atoms with E-state index in [1.807, 2.05) is 6.07 Å². The summed E-state index contributed by atoms with van der Waals surface area (Å²) in [6, 6.07) is 6.46. The Morgan fingerprint density at radius 3 is 2.88 bits per heavy atom. The number of halogens is 1. The Bertz CT molecular complexity index is 387. The summed E-state index contributed by atoms with van der Waals surface area (Å²) in [5, 5.41) is 0. The average Bonchev–Trinajstić information content (AvgIpc) is 2.82. The first-order valence-corrected chi connectivity index (χ1v) is 7.18. The van der Waals surface area contributed by atoms with E-state index in [9.17, 15) is 0 Å². The molecule has 17 heavy (non-hydrogen) atoms. The highest BCUT2D eigenvalue weighted by molar-refractivity contribution is 14.1. The van der Waals surface area contributed by atoms with Crippen LogP contribution in [-0.4, -0.2) is 29.3 Å². The van der Waals surface area contributed by atoms with E-state index in [0.717, 1.165) is 22.6 Å². The number of rotatable bonds is 5. The van der Waals surface area contributed by atoms with Gasteiger partial charge in [0.2, 0.25) is 6.79 Å². The predicted octanol–water partition coefficient (Wildman–Crippen LogP) is 2.13. The highest BCUT2D eigenvalue weighted by Crippen LogP contribution is 2.35. The van der Waals surface area contributed by atoms with Gasteiger partial charge >= 0.3 is 0 Å². The van der Waals surface area contributed by atoms with Crippen molar-refractivity contribution in [3.05, 3.63) is 23.8 Å². The molecule has 0 radical (unpaired) electrons. The molecule has 0 spiro atoms. The molecule has 2 N–H and O–H groups in total. The largest absolute Gasteiger partial charge is 0.454 e. The summed E-state index contributed by atoms with van der Waals surface area (Å²) >= 11 is 2.37. The molecule has 94 valence electrons. The molecule has 0 aromatic heterocycles. The van der Waals surface area contributed by atoms with Gasteiger partial charge < -0.3 is 15.2 Å². The van der Waals surface area contributed by atoms with Crippen LogP contribution in [0.4, 0.5) is 0 Å². The third-order valence-electron chi connectivity index (χ3n) is 3.00. The second-order valence-corrected chi connectivity index (χ2v) is 4.69. The molecular formula is C12H17IN2O2. The Labute approximate surface area is 115 Å². The SMILES string of the molecule is CC(c1ccc2c(c1)OCO2)N(CI)CCN. The van der Waals surface area contributed by atoms with Gasteiger partial charge in [0.05, 0.1) is 4.55 Å². The quantitative estimate of drug-likeness (QED) is 0.503. The summed E-state index contributed by atoms with van der Waals surface area (Å²) in [5.74, 6) is 1.68. The number of nitrogens with zero attached hydrogens (tertiary/aromatic N) is 1. The van der Waals surface area contributed by atoms with Gasteiger partial charge in [0.25, 0.3) is 0 Å². The normalized spacial score (nSPS) is 15.3. The van der Waals surface area contributed by atoms with Crippen molar-refractivity contribution in [2.75, 3.05) is 24.4 Å². The number of ether oxygens (including phenoxy) is 2. The fraction of sp³-hybridized carbons (Fsp3) is 0.500. The second kappa shape index (κ2) is 5.88. The van der Waals surface area contributed by atoms with Gasteiger partial charge in [-0.1, -0.05) is 28.7 Å². The first-order valence-electron chi connectivity index (χ1n) is 5.66. The molecule has 5 heteroatoms. The van der Waals surface area contributed by atoms with Crippen molar-refractivity contribution >= 4 is 22.6 Å². The van der Waals surface area contributed by atoms with Crippen molar-refractivity contribution in [1.82, 2.24) is 4.90 Å². The van der Waals surface area contributed by atoms with Crippen LogP contribution in [0.1, 0.15) is 18.5 Å². The van der Waals surface area contributed by atoms with Gasteiger partial charge in [0, 0.05) is 19.1 Å². The Morgan fingerprint density at radius 2 is 2.18 bits per heavy atom. The zero-order valence-electron chi connectivity index (χ0n) is 9.86. The first kappa shape index (κ1) is 12.9. The predicted molar refractivity (Wildman–Crippen MR) is 75.6 cm³/mol. The summed E-state index contributed by atoms with van der Waals surface area (Å²) in [7, 11) is 0. The fourth-order valence-corrected chi connectivity index (χ4v) is 2.84. The molecule has 1 atom stereocenters. The van der Waals surface area contributed by atoms with Gasteiger partial charge in [0.1, 0.15) is 0 Å². The molecule has 1 aromatic carbocycles. The molecular weight excluding hydrogens is 331 g/mol. The Hall–Kier alpha value is -0.530. The summed E-state index contributed by atoms with van der Waals surface area (Å²) in [6.07, 6.45) is 0. The molecule has 0 saturated carbocycles. The van der Waals surface area contributed by atoms with Crippen LogP contribution in [0.5, 0.6) is 11.5 Å². The molecule has 0 fully saturated rings. The van der Waals surface area contributed by atoms with Gasteiger partial charge in [-0.15, -0.1) is 0 Å². The van der Waals surface area contributed by atoms with Crippen LogP contribution in [0.25, 0.3) is 0 Å². The van der Waals surface area contributed by atoms with E-state index in [-0.39, 0.29) is 0 Å². The zero-order valence-corrected chi connectivity index (χ0v) is 12.0. The lowest BCUT2D eigenvalue weighted by Crippen LogP contribution is -2.30. The average molecular weight is 348 g/mol. The summed E-state index contributed by atoms with van der Waals surface area (Å²) < 4.78 is 11.7. The molecule has 1 aliphatic rings. The fourth-order valence-electron chi connectivity index (χ4n) is 1.91. The Balaban J connectivity index is 2.15. The van der Waals surface area contributed by atoms with Crippen LogP contribution in [0.2, 0.25) is 0 Å². The number of fused-ring (bicyclic) bond motifs is 1. The number of hydrogen-bond acceptors (Lipinski definition) is 4. The van der Waals surface area contributed by atoms with Crippen LogP contribution >= 0.6 is 22.6 Å². The molecule has 4 nitrogen and oxygen atoms in total. The van der Waals surface area contributed by atoms with Crippen molar-refractivity contribution < 1.29 is 9.47 Å². The zero-order chi connectivity index (χ0) is 12.3. The van der Waals surface area contributed by atoms with E-state index in [1.54, 1.807) is 0 Å². The third-order valence-corrected chi connectivity index (χ3v) is 3.87. The van der Waals surface area contributed by atoms with Crippen molar-refractivity contribution in [2.45, 2.75) is 13.0 Å². The summed E-state index contributed by atoms with van der Waals surface area (Å²) in [5.41, 5.74) is 6.86. The number of alkyl halides is 1. The van der Waals surface area contributed by atoms with E-state index >= 15 is 0 Å². The lowest BCUT2D eigenvalue weighted by atomic mass is 10.1. The monoisotopic (exact) mass is 348 g/mol. The van der Waals surface area contributed by atoms with Crippen LogP contribution in [0, 0.1) is 0 Å². The smallest absolute Gasteiger partial charge is 0.231 e. The van der Waals surface area contributed by atoms with E-state index in [4.69, 9.17) is 15.2 Å². The maximum atomic E-state index is 5.62. The maximum absolute atomic E-state index is 5.62. The minimum atomic E-state index is 0.325.